The maximum atomic E-state index is 6.06. The van der Waals surface area contributed by atoms with Crippen LogP contribution in [0.4, 0.5) is 0 Å². The number of rotatable bonds is 3. The number of benzene rings is 1. The van der Waals surface area contributed by atoms with Gasteiger partial charge in [-0.15, -0.1) is 12.4 Å². The first-order chi connectivity index (χ1) is 8.56. The van der Waals surface area contributed by atoms with E-state index in [1.807, 2.05) is 12.1 Å². The van der Waals surface area contributed by atoms with E-state index in [9.17, 15) is 0 Å². The zero-order chi connectivity index (χ0) is 13.1. The summed E-state index contributed by atoms with van der Waals surface area (Å²) in [6, 6.07) is 8.58. The molecule has 2 N–H and O–H groups in total. The van der Waals surface area contributed by atoms with Crippen molar-refractivity contribution in [3.05, 3.63) is 34.9 Å². The first kappa shape index (κ1) is 16.8. The molecule has 0 aromatic heterocycles. The van der Waals surface area contributed by atoms with Crippen molar-refractivity contribution >= 4 is 24.0 Å². The van der Waals surface area contributed by atoms with Crippen molar-refractivity contribution in [3.8, 4) is 0 Å². The van der Waals surface area contributed by atoms with Crippen LogP contribution in [-0.2, 0) is 0 Å². The van der Waals surface area contributed by atoms with Gasteiger partial charge in [-0.1, -0.05) is 37.6 Å². The van der Waals surface area contributed by atoms with Gasteiger partial charge in [-0.2, -0.15) is 0 Å². The van der Waals surface area contributed by atoms with Crippen LogP contribution in [0.1, 0.15) is 31.7 Å². The SMILES string of the molecule is CC(CN1CCC(N)C(C)C1)c1cccc(Cl)c1.Cl. The van der Waals surface area contributed by atoms with E-state index in [-0.39, 0.29) is 12.4 Å². The van der Waals surface area contributed by atoms with E-state index in [1.54, 1.807) is 0 Å². The van der Waals surface area contributed by atoms with Crippen LogP contribution in [0.25, 0.3) is 0 Å². The van der Waals surface area contributed by atoms with Gasteiger partial charge in [0.05, 0.1) is 0 Å². The zero-order valence-electron chi connectivity index (χ0n) is 11.7. The first-order valence-corrected chi connectivity index (χ1v) is 7.17. The monoisotopic (exact) mass is 302 g/mol. The number of nitrogens with zero attached hydrogens (tertiary/aromatic N) is 1. The number of halogens is 2. The molecular weight excluding hydrogens is 279 g/mol. The Bertz CT molecular complexity index is 397. The van der Waals surface area contributed by atoms with Crippen molar-refractivity contribution in [2.75, 3.05) is 19.6 Å². The lowest BCUT2D eigenvalue weighted by atomic mass is 9.93. The second-order valence-corrected chi connectivity index (χ2v) is 6.08. The molecule has 1 heterocycles. The second kappa shape index (κ2) is 7.49. The fourth-order valence-corrected chi connectivity index (χ4v) is 2.92. The highest BCUT2D eigenvalue weighted by atomic mass is 35.5. The van der Waals surface area contributed by atoms with E-state index >= 15 is 0 Å². The van der Waals surface area contributed by atoms with Crippen molar-refractivity contribution < 1.29 is 0 Å². The van der Waals surface area contributed by atoms with Gasteiger partial charge in [0.15, 0.2) is 0 Å². The minimum absolute atomic E-state index is 0. The average Bonchev–Trinajstić information content (AvgIpc) is 2.34. The van der Waals surface area contributed by atoms with Crippen LogP contribution >= 0.6 is 24.0 Å². The van der Waals surface area contributed by atoms with Crippen molar-refractivity contribution in [2.24, 2.45) is 11.7 Å². The Morgan fingerprint density at radius 1 is 1.47 bits per heavy atom. The largest absolute Gasteiger partial charge is 0.327 e. The van der Waals surface area contributed by atoms with Gasteiger partial charge in [-0.05, 0) is 42.5 Å². The summed E-state index contributed by atoms with van der Waals surface area (Å²) in [4.78, 5) is 2.53. The lowest BCUT2D eigenvalue weighted by Gasteiger charge is -2.36. The molecule has 1 aromatic carbocycles. The third kappa shape index (κ3) is 4.64. The first-order valence-electron chi connectivity index (χ1n) is 6.79. The zero-order valence-corrected chi connectivity index (χ0v) is 13.3. The normalized spacial score (nSPS) is 25.7. The molecule has 0 saturated carbocycles. The summed E-state index contributed by atoms with van der Waals surface area (Å²) in [5.41, 5.74) is 7.38. The topological polar surface area (TPSA) is 29.3 Å². The molecule has 2 rings (SSSR count). The Morgan fingerprint density at radius 2 is 2.21 bits per heavy atom. The van der Waals surface area contributed by atoms with Gasteiger partial charge in [-0.3, -0.25) is 0 Å². The highest BCUT2D eigenvalue weighted by Crippen LogP contribution is 2.23. The van der Waals surface area contributed by atoms with Gasteiger partial charge in [0, 0.05) is 24.2 Å². The maximum absolute atomic E-state index is 6.06. The van der Waals surface area contributed by atoms with Crippen LogP contribution in [0, 0.1) is 5.92 Å². The molecule has 1 aliphatic rings. The lowest BCUT2D eigenvalue weighted by molar-refractivity contribution is 0.158. The van der Waals surface area contributed by atoms with Crippen LogP contribution in [0.3, 0.4) is 0 Å². The summed E-state index contributed by atoms with van der Waals surface area (Å²) in [6.07, 6.45) is 1.11. The van der Waals surface area contributed by atoms with Crippen LogP contribution in [0.2, 0.25) is 5.02 Å². The highest BCUT2D eigenvalue weighted by Gasteiger charge is 2.24. The summed E-state index contributed by atoms with van der Waals surface area (Å²) in [6.45, 7) is 7.85. The number of hydrogen-bond donors (Lipinski definition) is 1. The van der Waals surface area contributed by atoms with Crippen LogP contribution < -0.4 is 5.73 Å². The van der Waals surface area contributed by atoms with Gasteiger partial charge < -0.3 is 10.6 Å². The standard InChI is InChI=1S/C15H23ClN2.ClH/c1-11(13-4-3-5-14(16)8-13)9-18-7-6-15(17)12(2)10-18;/h3-5,8,11-12,15H,6-7,9-10,17H2,1-2H3;1H. The third-order valence-corrected chi connectivity index (χ3v) is 4.24. The maximum Gasteiger partial charge on any atom is 0.0408 e. The average molecular weight is 303 g/mol. The molecule has 3 atom stereocenters. The van der Waals surface area contributed by atoms with E-state index < -0.39 is 0 Å². The molecule has 0 bridgehead atoms. The van der Waals surface area contributed by atoms with E-state index in [2.05, 4.69) is 30.9 Å². The molecule has 1 aliphatic heterocycles. The molecule has 1 aromatic rings. The fraction of sp³-hybridized carbons (Fsp3) is 0.600. The lowest BCUT2D eigenvalue weighted by Crippen LogP contribution is -2.46. The summed E-state index contributed by atoms with van der Waals surface area (Å²) in [7, 11) is 0. The molecule has 108 valence electrons. The molecule has 1 saturated heterocycles. The Hall–Kier alpha value is -0.280. The third-order valence-electron chi connectivity index (χ3n) is 4.01. The molecule has 0 aliphatic carbocycles. The van der Waals surface area contributed by atoms with Crippen LogP contribution in [-0.4, -0.2) is 30.6 Å². The number of likely N-dealkylation sites (tertiary alicyclic amines) is 1. The molecule has 0 radical (unpaired) electrons. The summed E-state index contributed by atoms with van der Waals surface area (Å²) >= 11 is 6.04. The van der Waals surface area contributed by atoms with Gasteiger partial charge in [0.2, 0.25) is 0 Å². The molecular formula is C15H24Cl2N2. The van der Waals surface area contributed by atoms with Crippen molar-refractivity contribution in [3.63, 3.8) is 0 Å². The minimum Gasteiger partial charge on any atom is -0.327 e. The van der Waals surface area contributed by atoms with Crippen molar-refractivity contribution in [2.45, 2.75) is 32.2 Å². The predicted octanol–water partition coefficient (Wildman–Crippen LogP) is 3.53. The Morgan fingerprint density at radius 3 is 2.84 bits per heavy atom. The second-order valence-electron chi connectivity index (χ2n) is 5.65. The van der Waals surface area contributed by atoms with Gasteiger partial charge in [-0.25, -0.2) is 0 Å². The van der Waals surface area contributed by atoms with Crippen molar-refractivity contribution in [1.29, 1.82) is 0 Å². The number of piperidine rings is 1. The molecule has 2 nitrogen and oxygen atoms in total. The minimum atomic E-state index is 0. The fourth-order valence-electron chi connectivity index (χ4n) is 2.72. The predicted molar refractivity (Wildman–Crippen MR) is 85.3 cm³/mol. The van der Waals surface area contributed by atoms with Gasteiger partial charge in [0.1, 0.15) is 0 Å². The highest BCUT2D eigenvalue weighted by molar-refractivity contribution is 6.30. The quantitative estimate of drug-likeness (QED) is 0.925. The summed E-state index contributed by atoms with van der Waals surface area (Å²) in [5, 5.41) is 0.827. The van der Waals surface area contributed by atoms with Crippen LogP contribution in [0.5, 0.6) is 0 Å². The Balaban J connectivity index is 0.00000180. The van der Waals surface area contributed by atoms with E-state index in [0.29, 0.717) is 17.9 Å². The molecule has 4 heteroatoms. The molecule has 0 amide bonds. The summed E-state index contributed by atoms with van der Waals surface area (Å²) in [5.74, 6) is 1.12. The number of hydrogen-bond acceptors (Lipinski definition) is 2. The van der Waals surface area contributed by atoms with E-state index in [4.69, 9.17) is 17.3 Å². The molecule has 1 fully saturated rings. The summed E-state index contributed by atoms with van der Waals surface area (Å²) < 4.78 is 0. The Labute approximate surface area is 127 Å². The number of nitrogens with two attached hydrogens (primary N) is 1. The smallest absolute Gasteiger partial charge is 0.0408 e. The van der Waals surface area contributed by atoms with Gasteiger partial charge in [0.25, 0.3) is 0 Å². The molecule has 3 unspecified atom stereocenters. The van der Waals surface area contributed by atoms with Crippen molar-refractivity contribution in [1.82, 2.24) is 4.90 Å². The Kier molecular flexibility index (Phi) is 6.61. The van der Waals surface area contributed by atoms with Crippen LogP contribution in [0.15, 0.2) is 24.3 Å². The van der Waals surface area contributed by atoms with E-state index in [0.717, 1.165) is 31.1 Å². The van der Waals surface area contributed by atoms with E-state index in [1.165, 1.54) is 5.56 Å². The molecule has 19 heavy (non-hydrogen) atoms. The van der Waals surface area contributed by atoms with Gasteiger partial charge >= 0.3 is 0 Å². The molecule has 0 spiro atoms.